The molecule has 0 aromatic heterocycles. The van der Waals surface area contributed by atoms with Gasteiger partial charge < -0.3 is 5.32 Å². The van der Waals surface area contributed by atoms with Gasteiger partial charge in [-0.2, -0.15) is 0 Å². The molecular formula is C18H18F3N. The molecule has 4 heteroatoms. The Morgan fingerprint density at radius 3 is 2.09 bits per heavy atom. The standard InChI is InChI=1S/C18H18F3N/c19-15-4-1-12(2-5-15)18(13-7-9-22-10-8-13)14-3-6-16(20)17(21)11-14/h1-6,11,13,18,22H,7-10H2. The predicted octanol–water partition coefficient (Wildman–Crippen LogP) is 4.24. The van der Waals surface area contributed by atoms with Gasteiger partial charge in [0.15, 0.2) is 11.6 Å². The zero-order valence-electron chi connectivity index (χ0n) is 12.2. The van der Waals surface area contributed by atoms with E-state index in [1.807, 2.05) is 0 Å². The molecule has 1 fully saturated rings. The molecule has 2 aromatic carbocycles. The summed E-state index contributed by atoms with van der Waals surface area (Å²) in [6, 6.07) is 10.4. The highest BCUT2D eigenvalue weighted by molar-refractivity contribution is 5.34. The molecule has 2 aromatic rings. The molecule has 22 heavy (non-hydrogen) atoms. The van der Waals surface area contributed by atoms with Crippen LogP contribution in [0.5, 0.6) is 0 Å². The minimum absolute atomic E-state index is 0.0437. The van der Waals surface area contributed by atoms with Crippen molar-refractivity contribution < 1.29 is 13.2 Å². The van der Waals surface area contributed by atoms with Crippen molar-refractivity contribution in [1.82, 2.24) is 5.32 Å². The Morgan fingerprint density at radius 2 is 1.45 bits per heavy atom. The molecule has 1 heterocycles. The first-order chi connectivity index (χ1) is 10.6. The molecule has 0 spiro atoms. The molecule has 1 N–H and O–H groups in total. The fourth-order valence-electron chi connectivity index (χ4n) is 3.29. The average molecular weight is 305 g/mol. The molecule has 1 nitrogen and oxygen atoms in total. The summed E-state index contributed by atoms with van der Waals surface area (Å²) in [5.41, 5.74) is 1.69. The highest BCUT2D eigenvalue weighted by atomic mass is 19.2. The van der Waals surface area contributed by atoms with Crippen molar-refractivity contribution in [2.45, 2.75) is 18.8 Å². The topological polar surface area (TPSA) is 12.0 Å². The lowest BCUT2D eigenvalue weighted by molar-refractivity contribution is 0.341. The van der Waals surface area contributed by atoms with Crippen molar-refractivity contribution in [3.63, 3.8) is 0 Å². The summed E-state index contributed by atoms with van der Waals surface area (Å²) in [5.74, 6) is -1.68. The summed E-state index contributed by atoms with van der Waals surface area (Å²) >= 11 is 0. The molecule has 3 rings (SSSR count). The molecule has 0 saturated carbocycles. The normalized spacial score (nSPS) is 17.4. The lowest BCUT2D eigenvalue weighted by Crippen LogP contribution is -2.31. The monoisotopic (exact) mass is 305 g/mol. The summed E-state index contributed by atoms with van der Waals surface area (Å²) in [7, 11) is 0. The van der Waals surface area contributed by atoms with E-state index in [9.17, 15) is 13.2 Å². The smallest absolute Gasteiger partial charge is 0.159 e. The van der Waals surface area contributed by atoms with Crippen LogP contribution in [0.3, 0.4) is 0 Å². The highest BCUT2D eigenvalue weighted by Crippen LogP contribution is 2.37. The van der Waals surface area contributed by atoms with Crippen LogP contribution in [0.15, 0.2) is 42.5 Å². The van der Waals surface area contributed by atoms with E-state index in [0.717, 1.165) is 37.1 Å². The quantitative estimate of drug-likeness (QED) is 0.894. The Bertz CT molecular complexity index is 633. The van der Waals surface area contributed by atoms with Crippen molar-refractivity contribution in [1.29, 1.82) is 0 Å². The number of halogens is 3. The van der Waals surface area contributed by atoms with Gasteiger partial charge in [-0.25, -0.2) is 13.2 Å². The molecule has 0 aliphatic carbocycles. The summed E-state index contributed by atoms with van der Waals surface area (Å²) in [5, 5.41) is 3.31. The molecule has 1 unspecified atom stereocenters. The number of hydrogen-bond acceptors (Lipinski definition) is 1. The number of benzene rings is 2. The minimum atomic E-state index is -0.841. The second-order valence-electron chi connectivity index (χ2n) is 5.79. The van der Waals surface area contributed by atoms with Gasteiger partial charge in [-0.05, 0) is 67.2 Å². The van der Waals surface area contributed by atoms with Crippen molar-refractivity contribution in [3.8, 4) is 0 Å². The average Bonchev–Trinajstić information content (AvgIpc) is 2.54. The zero-order valence-corrected chi connectivity index (χ0v) is 12.2. The van der Waals surface area contributed by atoms with Crippen LogP contribution in [-0.4, -0.2) is 13.1 Å². The first-order valence-corrected chi connectivity index (χ1v) is 7.56. The van der Waals surface area contributed by atoms with E-state index in [4.69, 9.17) is 0 Å². The Balaban J connectivity index is 2.01. The Labute approximate surface area is 128 Å². The van der Waals surface area contributed by atoms with Gasteiger partial charge in [0.25, 0.3) is 0 Å². The van der Waals surface area contributed by atoms with Crippen LogP contribution in [0.1, 0.15) is 29.9 Å². The van der Waals surface area contributed by atoms with E-state index in [1.165, 1.54) is 24.3 Å². The third-order valence-corrected chi connectivity index (χ3v) is 4.39. The van der Waals surface area contributed by atoms with Crippen LogP contribution < -0.4 is 5.32 Å². The molecule has 1 aliphatic heterocycles. The van der Waals surface area contributed by atoms with Crippen LogP contribution in [0.25, 0.3) is 0 Å². The third-order valence-electron chi connectivity index (χ3n) is 4.39. The van der Waals surface area contributed by atoms with E-state index >= 15 is 0 Å². The molecule has 1 aliphatic rings. The number of hydrogen-bond donors (Lipinski definition) is 1. The van der Waals surface area contributed by atoms with Crippen LogP contribution >= 0.6 is 0 Å². The van der Waals surface area contributed by atoms with Gasteiger partial charge >= 0.3 is 0 Å². The fourth-order valence-corrected chi connectivity index (χ4v) is 3.29. The van der Waals surface area contributed by atoms with Crippen LogP contribution in [0.2, 0.25) is 0 Å². The van der Waals surface area contributed by atoms with E-state index in [2.05, 4.69) is 5.32 Å². The molecule has 0 amide bonds. The van der Waals surface area contributed by atoms with Gasteiger partial charge in [0, 0.05) is 5.92 Å². The predicted molar refractivity (Wildman–Crippen MR) is 80.2 cm³/mol. The Hall–Kier alpha value is -1.81. The largest absolute Gasteiger partial charge is 0.317 e. The summed E-state index contributed by atoms with van der Waals surface area (Å²) in [4.78, 5) is 0. The van der Waals surface area contributed by atoms with E-state index < -0.39 is 11.6 Å². The van der Waals surface area contributed by atoms with Crippen molar-refractivity contribution >= 4 is 0 Å². The lowest BCUT2D eigenvalue weighted by atomic mass is 9.76. The van der Waals surface area contributed by atoms with E-state index in [-0.39, 0.29) is 11.7 Å². The third kappa shape index (κ3) is 3.17. The number of nitrogens with one attached hydrogen (secondary N) is 1. The maximum absolute atomic E-state index is 13.6. The van der Waals surface area contributed by atoms with Crippen molar-refractivity contribution in [2.24, 2.45) is 5.92 Å². The summed E-state index contributed by atoms with van der Waals surface area (Å²) in [6.45, 7) is 1.82. The van der Waals surface area contributed by atoms with Gasteiger partial charge in [-0.3, -0.25) is 0 Å². The summed E-state index contributed by atoms with van der Waals surface area (Å²) < 4.78 is 40.1. The molecular weight excluding hydrogens is 287 g/mol. The first kappa shape index (κ1) is 15.1. The van der Waals surface area contributed by atoms with Gasteiger partial charge in [0.1, 0.15) is 5.82 Å². The van der Waals surface area contributed by atoms with Gasteiger partial charge in [0.05, 0.1) is 0 Å². The highest BCUT2D eigenvalue weighted by Gasteiger charge is 2.27. The Kier molecular flexibility index (Phi) is 4.48. The second-order valence-corrected chi connectivity index (χ2v) is 5.79. The number of rotatable bonds is 3. The van der Waals surface area contributed by atoms with Crippen molar-refractivity contribution in [3.05, 3.63) is 71.0 Å². The minimum Gasteiger partial charge on any atom is -0.317 e. The first-order valence-electron chi connectivity index (χ1n) is 7.56. The fraction of sp³-hybridized carbons (Fsp3) is 0.333. The van der Waals surface area contributed by atoms with E-state index in [0.29, 0.717) is 5.92 Å². The van der Waals surface area contributed by atoms with Crippen molar-refractivity contribution in [2.75, 3.05) is 13.1 Å². The van der Waals surface area contributed by atoms with Gasteiger partial charge in [0.2, 0.25) is 0 Å². The Morgan fingerprint density at radius 1 is 0.818 bits per heavy atom. The SMILES string of the molecule is Fc1ccc(C(c2ccc(F)c(F)c2)C2CCNCC2)cc1. The molecule has 1 atom stereocenters. The van der Waals surface area contributed by atoms with Crippen LogP contribution in [-0.2, 0) is 0 Å². The maximum atomic E-state index is 13.6. The summed E-state index contributed by atoms with van der Waals surface area (Å²) in [6.07, 6.45) is 1.92. The molecule has 0 radical (unpaired) electrons. The van der Waals surface area contributed by atoms with Gasteiger partial charge in [-0.1, -0.05) is 18.2 Å². The second kappa shape index (κ2) is 6.53. The van der Waals surface area contributed by atoms with E-state index in [1.54, 1.807) is 18.2 Å². The molecule has 116 valence electrons. The van der Waals surface area contributed by atoms with Gasteiger partial charge in [-0.15, -0.1) is 0 Å². The maximum Gasteiger partial charge on any atom is 0.159 e. The van der Waals surface area contributed by atoms with Crippen LogP contribution in [0.4, 0.5) is 13.2 Å². The number of piperidine rings is 1. The van der Waals surface area contributed by atoms with Crippen LogP contribution in [0, 0.1) is 23.4 Å². The molecule has 0 bridgehead atoms. The zero-order chi connectivity index (χ0) is 15.5. The molecule has 1 saturated heterocycles. The lowest BCUT2D eigenvalue weighted by Gasteiger charge is -2.31.